The first-order chi connectivity index (χ1) is 8.13. The van der Waals surface area contributed by atoms with Crippen molar-refractivity contribution >= 4 is 5.69 Å². The molecular weight excluding hydrogens is 212 g/mol. The number of nitriles is 1. The Morgan fingerprint density at radius 3 is 2.82 bits per heavy atom. The largest absolute Gasteiger partial charge is 0.382 e. The number of nitrogens with one attached hydrogen (secondary N) is 1. The smallest absolute Gasteiger partial charge is 0.101 e. The van der Waals surface area contributed by atoms with Crippen LogP contribution in [0.2, 0.25) is 0 Å². The molecule has 0 bridgehead atoms. The third-order valence-corrected chi connectivity index (χ3v) is 2.31. The molecule has 0 amide bonds. The van der Waals surface area contributed by atoms with Crippen molar-refractivity contribution in [3.05, 3.63) is 29.3 Å². The second-order valence-electron chi connectivity index (χ2n) is 4.56. The van der Waals surface area contributed by atoms with Gasteiger partial charge in [0.25, 0.3) is 0 Å². The molecule has 0 spiro atoms. The van der Waals surface area contributed by atoms with E-state index in [0.29, 0.717) is 18.1 Å². The van der Waals surface area contributed by atoms with Crippen LogP contribution in [0, 0.1) is 24.2 Å². The molecule has 0 atom stereocenters. The Hall–Kier alpha value is -1.53. The summed E-state index contributed by atoms with van der Waals surface area (Å²) in [7, 11) is 0. The fourth-order valence-corrected chi connectivity index (χ4v) is 1.48. The molecule has 0 unspecified atom stereocenters. The van der Waals surface area contributed by atoms with Crippen molar-refractivity contribution in [2.24, 2.45) is 5.92 Å². The highest BCUT2D eigenvalue weighted by Crippen LogP contribution is 2.15. The Kier molecular flexibility index (Phi) is 5.51. The summed E-state index contributed by atoms with van der Waals surface area (Å²) < 4.78 is 5.47. The average molecular weight is 232 g/mol. The van der Waals surface area contributed by atoms with E-state index in [4.69, 9.17) is 10.00 Å². The summed E-state index contributed by atoms with van der Waals surface area (Å²) in [6.45, 7) is 8.40. The maximum atomic E-state index is 9.00. The summed E-state index contributed by atoms with van der Waals surface area (Å²) in [4.78, 5) is 0. The summed E-state index contributed by atoms with van der Waals surface area (Å²) in [6, 6.07) is 8.02. The lowest BCUT2D eigenvalue weighted by Crippen LogP contribution is -2.12. The highest BCUT2D eigenvalue weighted by molar-refractivity contribution is 5.58. The minimum Gasteiger partial charge on any atom is -0.382 e. The van der Waals surface area contributed by atoms with E-state index in [1.165, 1.54) is 0 Å². The van der Waals surface area contributed by atoms with Crippen LogP contribution in [0.15, 0.2) is 18.2 Å². The molecule has 1 aromatic rings. The number of ether oxygens (including phenoxy) is 1. The molecule has 0 aliphatic rings. The normalized spacial score (nSPS) is 10.3. The van der Waals surface area contributed by atoms with Crippen LogP contribution in [0.1, 0.15) is 25.0 Å². The lowest BCUT2D eigenvalue weighted by molar-refractivity contribution is 0.118. The van der Waals surface area contributed by atoms with Gasteiger partial charge in [0.1, 0.15) is 6.07 Å². The van der Waals surface area contributed by atoms with E-state index in [-0.39, 0.29) is 0 Å². The van der Waals surface area contributed by atoms with Gasteiger partial charge < -0.3 is 10.1 Å². The second-order valence-corrected chi connectivity index (χ2v) is 4.56. The fourth-order valence-electron chi connectivity index (χ4n) is 1.48. The third-order valence-electron chi connectivity index (χ3n) is 2.31. The quantitative estimate of drug-likeness (QED) is 0.767. The Balaban J connectivity index is 2.39. The number of hydrogen-bond acceptors (Lipinski definition) is 3. The Bertz CT molecular complexity index is 394. The molecule has 3 heteroatoms. The molecule has 1 rings (SSSR count). The van der Waals surface area contributed by atoms with Gasteiger partial charge in [-0.15, -0.1) is 0 Å². The van der Waals surface area contributed by atoms with Crippen LogP contribution in [0.5, 0.6) is 0 Å². The van der Waals surface area contributed by atoms with Gasteiger partial charge in [0.05, 0.1) is 17.9 Å². The molecule has 0 aliphatic heterocycles. The summed E-state index contributed by atoms with van der Waals surface area (Å²) >= 11 is 0. The third kappa shape index (κ3) is 4.88. The molecule has 0 fully saturated rings. The molecule has 17 heavy (non-hydrogen) atoms. The molecular formula is C14H20N2O. The van der Waals surface area contributed by atoms with Crippen LogP contribution in [-0.4, -0.2) is 19.8 Å². The van der Waals surface area contributed by atoms with Gasteiger partial charge in [-0.1, -0.05) is 19.9 Å². The Labute approximate surface area is 103 Å². The van der Waals surface area contributed by atoms with Crippen LogP contribution >= 0.6 is 0 Å². The maximum Gasteiger partial charge on any atom is 0.101 e. The summed E-state index contributed by atoms with van der Waals surface area (Å²) in [6.07, 6.45) is 0. The molecule has 0 heterocycles. The average Bonchev–Trinajstić information content (AvgIpc) is 2.29. The Morgan fingerprint density at radius 2 is 2.18 bits per heavy atom. The van der Waals surface area contributed by atoms with Gasteiger partial charge >= 0.3 is 0 Å². The van der Waals surface area contributed by atoms with E-state index >= 15 is 0 Å². The van der Waals surface area contributed by atoms with Crippen LogP contribution in [0.25, 0.3) is 0 Å². The molecule has 0 aliphatic carbocycles. The maximum absolute atomic E-state index is 9.00. The van der Waals surface area contributed by atoms with Crippen molar-refractivity contribution in [1.29, 1.82) is 5.26 Å². The number of aryl methyl sites for hydroxylation is 1. The SMILES string of the molecule is Cc1ccc(NCCOCC(C)C)c(C#N)c1. The lowest BCUT2D eigenvalue weighted by atomic mass is 10.1. The topological polar surface area (TPSA) is 45.0 Å². The second kappa shape index (κ2) is 6.93. The molecule has 92 valence electrons. The summed E-state index contributed by atoms with van der Waals surface area (Å²) in [5.74, 6) is 0.559. The van der Waals surface area contributed by atoms with Crippen molar-refractivity contribution in [1.82, 2.24) is 0 Å². The zero-order valence-electron chi connectivity index (χ0n) is 10.8. The van der Waals surface area contributed by atoms with Crippen LogP contribution in [0.4, 0.5) is 5.69 Å². The lowest BCUT2D eigenvalue weighted by Gasteiger charge is -2.10. The van der Waals surface area contributed by atoms with Gasteiger partial charge in [-0.3, -0.25) is 0 Å². The fraction of sp³-hybridized carbons (Fsp3) is 0.500. The highest BCUT2D eigenvalue weighted by atomic mass is 16.5. The van der Waals surface area contributed by atoms with Crippen LogP contribution in [-0.2, 0) is 4.74 Å². The summed E-state index contributed by atoms with van der Waals surface area (Å²) in [5.41, 5.74) is 2.67. The van der Waals surface area contributed by atoms with Crippen molar-refractivity contribution in [2.45, 2.75) is 20.8 Å². The monoisotopic (exact) mass is 232 g/mol. The van der Waals surface area contributed by atoms with Crippen molar-refractivity contribution < 1.29 is 4.74 Å². The van der Waals surface area contributed by atoms with Gasteiger partial charge in [0.15, 0.2) is 0 Å². The van der Waals surface area contributed by atoms with Crippen molar-refractivity contribution in [3.8, 4) is 6.07 Å². The Morgan fingerprint density at radius 1 is 1.41 bits per heavy atom. The van der Waals surface area contributed by atoms with Gasteiger partial charge in [0.2, 0.25) is 0 Å². The van der Waals surface area contributed by atoms with Gasteiger partial charge in [-0.25, -0.2) is 0 Å². The molecule has 0 saturated heterocycles. The van der Waals surface area contributed by atoms with E-state index in [1.807, 2.05) is 25.1 Å². The van der Waals surface area contributed by atoms with Crippen LogP contribution in [0.3, 0.4) is 0 Å². The zero-order valence-corrected chi connectivity index (χ0v) is 10.8. The number of benzene rings is 1. The van der Waals surface area contributed by atoms with Gasteiger partial charge in [-0.2, -0.15) is 5.26 Å². The van der Waals surface area contributed by atoms with E-state index in [0.717, 1.165) is 24.4 Å². The molecule has 3 nitrogen and oxygen atoms in total. The number of hydrogen-bond donors (Lipinski definition) is 1. The molecule has 1 aromatic carbocycles. The van der Waals surface area contributed by atoms with E-state index in [1.54, 1.807) is 0 Å². The molecule has 0 aromatic heterocycles. The highest BCUT2D eigenvalue weighted by Gasteiger charge is 2.01. The van der Waals surface area contributed by atoms with Crippen LogP contribution < -0.4 is 5.32 Å². The standard InChI is InChI=1S/C14H20N2O/c1-11(2)10-17-7-6-16-14-5-4-12(3)8-13(14)9-15/h4-5,8,11,16H,6-7,10H2,1-3H3. The predicted octanol–water partition coefficient (Wildman–Crippen LogP) is 2.95. The first-order valence-electron chi connectivity index (χ1n) is 5.96. The zero-order chi connectivity index (χ0) is 12.7. The number of anilines is 1. The minimum absolute atomic E-state index is 0.559. The van der Waals surface area contributed by atoms with E-state index in [2.05, 4.69) is 25.2 Å². The predicted molar refractivity (Wildman–Crippen MR) is 70.0 cm³/mol. The van der Waals surface area contributed by atoms with Crippen molar-refractivity contribution in [2.75, 3.05) is 25.1 Å². The summed E-state index contributed by atoms with van der Waals surface area (Å²) in [5, 5.41) is 12.2. The first-order valence-corrected chi connectivity index (χ1v) is 5.96. The van der Waals surface area contributed by atoms with Gasteiger partial charge in [0, 0.05) is 13.2 Å². The molecule has 1 N–H and O–H groups in total. The van der Waals surface area contributed by atoms with E-state index in [9.17, 15) is 0 Å². The van der Waals surface area contributed by atoms with Crippen molar-refractivity contribution in [3.63, 3.8) is 0 Å². The molecule has 0 radical (unpaired) electrons. The number of nitrogens with zero attached hydrogens (tertiary/aromatic N) is 1. The van der Waals surface area contributed by atoms with E-state index < -0.39 is 0 Å². The minimum atomic E-state index is 0.559. The van der Waals surface area contributed by atoms with Gasteiger partial charge in [-0.05, 0) is 30.5 Å². The number of rotatable bonds is 6. The first kappa shape index (κ1) is 13.5. The molecule has 0 saturated carbocycles.